The lowest BCUT2D eigenvalue weighted by Crippen LogP contribution is -2.61. The molecule has 7 heteroatoms. The molecule has 3 rings (SSSR count). The number of hydrogen-bond donors (Lipinski definition) is 0. The molecule has 0 radical (unpaired) electrons. The quantitative estimate of drug-likeness (QED) is 0.727. The van der Waals surface area contributed by atoms with Gasteiger partial charge < -0.3 is 9.64 Å². The predicted molar refractivity (Wildman–Crippen MR) is 82.7 cm³/mol. The Kier molecular flexibility index (Phi) is 4.02. The Balaban J connectivity index is 1.84. The van der Waals surface area contributed by atoms with Crippen LogP contribution < -0.4 is 0 Å². The second kappa shape index (κ2) is 5.46. The van der Waals surface area contributed by atoms with Crippen molar-refractivity contribution in [1.82, 2.24) is 9.21 Å². The van der Waals surface area contributed by atoms with E-state index in [1.54, 1.807) is 6.92 Å². The molecule has 2 saturated heterocycles. The molecule has 6 nitrogen and oxygen atoms in total. The summed E-state index contributed by atoms with van der Waals surface area (Å²) < 4.78 is 31.1. The molecular weight excluding hydrogens is 304 g/mol. The minimum absolute atomic E-state index is 0.0622. The maximum Gasteiger partial charge on any atom is 0.222 e. The number of amides is 1. The highest BCUT2D eigenvalue weighted by atomic mass is 32.2. The van der Waals surface area contributed by atoms with Crippen LogP contribution in [-0.4, -0.2) is 60.7 Å². The molecule has 0 aromatic rings. The van der Waals surface area contributed by atoms with Gasteiger partial charge in [-0.3, -0.25) is 4.79 Å². The van der Waals surface area contributed by atoms with E-state index < -0.39 is 15.7 Å². The minimum Gasteiger partial charge on any atom is -0.353 e. The molecule has 0 N–H and O–H groups in total. The van der Waals surface area contributed by atoms with Gasteiger partial charge in [-0.05, 0) is 12.8 Å². The lowest BCUT2D eigenvalue weighted by atomic mass is 9.80. The number of piperidine rings is 1. The van der Waals surface area contributed by atoms with Crippen LogP contribution in [0.2, 0.25) is 0 Å². The molecule has 2 aliphatic heterocycles. The zero-order valence-electron chi connectivity index (χ0n) is 13.5. The topological polar surface area (TPSA) is 66.9 Å². The van der Waals surface area contributed by atoms with E-state index in [2.05, 4.69) is 0 Å². The first-order valence-electron chi connectivity index (χ1n) is 8.19. The monoisotopic (exact) mass is 330 g/mol. The van der Waals surface area contributed by atoms with Crippen LogP contribution in [0.1, 0.15) is 51.9 Å². The first-order chi connectivity index (χ1) is 10.3. The Hall–Kier alpha value is -0.660. The molecule has 22 heavy (non-hydrogen) atoms. The van der Waals surface area contributed by atoms with Crippen molar-refractivity contribution in [2.24, 2.45) is 0 Å². The van der Waals surface area contributed by atoms with Gasteiger partial charge >= 0.3 is 0 Å². The summed E-state index contributed by atoms with van der Waals surface area (Å²) in [5.74, 6) is 0.0622. The highest BCUT2D eigenvalue weighted by Crippen LogP contribution is 2.48. The van der Waals surface area contributed by atoms with Crippen molar-refractivity contribution in [3.63, 3.8) is 0 Å². The van der Waals surface area contributed by atoms with Crippen molar-refractivity contribution in [2.45, 2.75) is 63.1 Å². The molecule has 0 aromatic carbocycles. The molecular formula is C15H26N2O4S. The predicted octanol–water partition coefficient (Wildman–Crippen LogP) is 1.32. The lowest BCUT2D eigenvalue weighted by molar-refractivity contribution is -0.161. The largest absolute Gasteiger partial charge is 0.353 e. The van der Waals surface area contributed by atoms with Crippen molar-refractivity contribution in [1.29, 1.82) is 0 Å². The van der Waals surface area contributed by atoms with Gasteiger partial charge in [-0.25, -0.2) is 12.7 Å². The number of rotatable bonds is 1. The van der Waals surface area contributed by atoms with Gasteiger partial charge in [-0.2, -0.15) is 0 Å². The number of carbonyl (C=O) groups excluding carboxylic acids is 1. The Morgan fingerprint density at radius 3 is 2.14 bits per heavy atom. The molecule has 0 aromatic heterocycles. The standard InChI is InChI=1S/C15H26N2O4S/c1-13(18)17-14(6-4-3-5-7-14)12-21-15(17)8-10-16(11-9-15)22(2,19)20/h3-12H2,1-2H3. The van der Waals surface area contributed by atoms with Crippen LogP contribution in [-0.2, 0) is 19.6 Å². The van der Waals surface area contributed by atoms with Crippen LogP contribution in [0.5, 0.6) is 0 Å². The van der Waals surface area contributed by atoms with Crippen LogP contribution in [0.25, 0.3) is 0 Å². The average molecular weight is 330 g/mol. The zero-order valence-corrected chi connectivity index (χ0v) is 14.3. The van der Waals surface area contributed by atoms with Crippen LogP contribution in [0, 0.1) is 0 Å². The number of sulfonamides is 1. The van der Waals surface area contributed by atoms with Gasteiger partial charge in [0.1, 0.15) is 5.72 Å². The molecule has 3 aliphatic rings. The van der Waals surface area contributed by atoms with E-state index in [0.29, 0.717) is 32.5 Å². The summed E-state index contributed by atoms with van der Waals surface area (Å²) in [5, 5.41) is 0. The van der Waals surface area contributed by atoms with Gasteiger partial charge in [0.05, 0.1) is 18.4 Å². The number of carbonyl (C=O) groups is 1. The molecule has 0 atom stereocenters. The van der Waals surface area contributed by atoms with Gasteiger partial charge in [0.15, 0.2) is 0 Å². The third kappa shape index (κ3) is 2.57. The van der Waals surface area contributed by atoms with Crippen molar-refractivity contribution in [2.75, 3.05) is 26.0 Å². The fraction of sp³-hybridized carbons (Fsp3) is 0.933. The third-order valence-corrected chi connectivity index (χ3v) is 6.87. The van der Waals surface area contributed by atoms with Crippen molar-refractivity contribution in [3.8, 4) is 0 Å². The van der Waals surface area contributed by atoms with Gasteiger partial charge in [0.2, 0.25) is 15.9 Å². The smallest absolute Gasteiger partial charge is 0.222 e. The maximum atomic E-state index is 12.4. The van der Waals surface area contributed by atoms with Crippen LogP contribution in [0.3, 0.4) is 0 Å². The summed E-state index contributed by atoms with van der Waals surface area (Å²) in [6.45, 7) is 3.08. The molecule has 2 heterocycles. The first kappa shape index (κ1) is 16.2. The van der Waals surface area contributed by atoms with E-state index in [4.69, 9.17) is 4.74 Å². The number of nitrogens with zero attached hydrogens (tertiary/aromatic N) is 2. The molecule has 1 aliphatic carbocycles. The van der Waals surface area contributed by atoms with E-state index in [1.807, 2.05) is 4.90 Å². The van der Waals surface area contributed by atoms with E-state index in [0.717, 1.165) is 25.7 Å². The lowest BCUT2D eigenvalue weighted by Gasteiger charge is -2.48. The van der Waals surface area contributed by atoms with Crippen molar-refractivity contribution < 1.29 is 17.9 Å². The molecule has 1 amide bonds. The molecule has 126 valence electrons. The van der Waals surface area contributed by atoms with Gasteiger partial charge in [-0.15, -0.1) is 0 Å². The van der Waals surface area contributed by atoms with Gasteiger partial charge in [0.25, 0.3) is 0 Å². The minimum atomic E-state index is -3.17. The Morgan fingerprint density at radius 1 is 1.05 bits per heavy atom. The van der Waals surface area contributed by atoms with E-state index in [-0.39, 0.29) is 11.4 Å². The van der Waals surface area contributed by atoms with Crippen LogP contribution in [0.4, 0.5) is 0 Å². The van der Waals surface area contributed by atoms with Crippen LogP contribution >= 0.6 is 0 Å². The van der Waals surface area contributed by atoms with E-state index >= 15 is 0 Å². The van der Waals surface area contributed by atoms with E-state index in [1.165, 1.54) is 17.0 Å². The third-order valence-electron chi connectivity index (χ3n) is 5.56. The summed E-state index contributed by atoms with van der Waals surface area (Å²) in [5.41, 5.74) is -0.748. The summed E-state index contributed by atoms with van der Waals surface area (Å²) in [4.78, 5) is 14.4. The Morgan fingerprint density at radius 2 is 1.64 bits per heavy atom. The summed E-state index contributed by atoms with van der Waals surface area (Å²) >= 11 is 0. The maximum absolute atomic E-state index is 12.4. The average Bonchev–Trinajstić information content (AvgIpc) is 2.73. The summed E-state index contributed by atoms with van der Waals surface area (Å²) in [7, 11) is -3.17. The molecule has 0 bridgehead atoms. The first-order valence-corrected chi connectivity index (χ1v) is 10.0. The molecule has 3 fully saturated rings. The fourth-order valence-electron chi connectivity index (χ4n) is 4.56. The van der Waals surface area contributed by atoms with Gasteiger partial charge in [0, 0.05) is 32.9 Å². The highest BCUT2D eigenvalue weighted by molar-refractivity contribution is 7.88. The summed E-state index contributed by atoms with van der Waals surface area (Å²) in [6.07, 6.45) is 7.89. The second-order valence-corrected chi connectivity index (χ2v) is 9.02. The molecule has 2 spiro atoms. The number of ether oxygens (including phenoxy) is 1. The molecule has 1 saturated carbocycles. The van der Waals surface area contributed by atoms with Crippen LogP contribution in [0.15, 0.2) is 0 Å². The van der Waals surface area contributed by atoms with Crippen molar-refractivity contribution in [3.05, 3.63) is 0 Å². The Labute approximate surface area is 132 Å². The fourth-order valence-corrected chi connectivity index (χ4v) is 5.41. The SMILES string of the molecule is CC(=O)N1C2(CCCCC2)COC12CCN(S(C)(=O)=O)CC2. The summed E-state index contributed by atoms with van der Waals surface area (Å²) in [6, 6.07) is 0. The Bertz CT molecular complexity index is 546. The second-order valence-electron chi connectivity index (χ2n) is 7.04. The highest BCUT2D eigenvalue weighted by Gasteiger charge is 2.58. The van der Waals surface area contributed by atoms with Gasteiger partial charge in [-0.1, -0.05) is 19.3 Å². The van der Waals surface area contributed by atoms with Crippen molar-refractivity contribution >= 4 is 15.9 Å². The zero-order chi connectivity index (χ0) is 16.0. The normalized spacial score (nSPS) is 28.4. The molecule has 0 unspecified atom stereocenters. The number of hydrogen-bond acceptors (Lipinski definition) is 4. The van der Waals surface area contributed by atoms with E-state index in [9.17, 15) is 13.2 Å².